The third-order valence-electron chi connectivity index (χ3n) is 9.12. The first-order valence-electron chi connectivity index (χ1n) is 14.7. The monoisotopic (exact) mass is 667 g/mol. The van der Waals surface area contributed by atoms with E-state index in [1.54, 1.807) is 6.08 Å². The van der Waals surface area contributed by atoms with E-state index >= 15 is 0 Å². The van der Waals surface area contributed by atoms with E-state index in [9.17, 15) is 19.8 Å². The van der Waals surface area contributed by atoms with Crippen LogP contribution in [0.3, 0.4) is 0 Å². The van der Waals surface area contributed by atoms with E-state index < -0.39 is 18.2 Å². The number of ether oxygens (including phenoxy) is 2. The van der Waals surface area contributed by atoms with Crippen LogP contribution in [0.5, 0.6) is 5.75 Å². The summed E-state index contributed by atoms with van der Waals surface area (Å²) in [7, 11) is 0. The van der Waals surface area contributed by atoms with Crippen molar-refractivity contribution in [2.24, 2.45) is 17.8 Å². The lowest BCUT2D eigenvalue weighted by Crippen LogP contribution is -2.57. The molecule has 4 aliphatic rings. The molecule has 0 spiro atoms. The zero-order chi connectivity index (χ0) is 28.1. The predicted octanol–water partition coefficient (Wildman–Crippen LogP) is 2.19. The average Bonchev–Trinajstić information content (AvgIpc) is 3.59. The van der Waals surface area contributed by atoms with Crippen molar-refractivity contribution in [2.45, 2.75) is 56.8 Å². The Kier molecular flexibility index (Phi) is 10.4. The van der Waals surface area contributed by atoms with Crippen LogP contribution in [0.15, 0.2) is 35.9 Å². The first-order valence-corrected chi connectivity index (χ1v) is 15.8. The van der Waals surface area contributed by atoms with Crippen molar-refractivity contribution >= 4 is 34.4 Å². The fourth-order valence-electron chi connectivity index (χ4n) is 6.98. The number of benzene rings is 1. The molecule has 0 radical (unpaired) electrons. The Morgan fingerprint density at radius 1 is 1.18 bits per heavy atom. The average molecular weight is 668 g/mol. The van der Waals surface area contributed by atoms with Crippen LogP contribution < -0.4 is 10.1 Å². The maximum Gasteiger partial charge on any atom is 0.247 e. The van der Waals surface area contributed by atoms with Crippen LogP contribution in [0.4, 0.5) is 0 Å². The second-order valence-corrected chi connectivity index (χ2v) is 12.8. The molecule has 3 fully saturated rings. The van der Waals surface area contributed by atoms with E-state index in [1.807, 2.05) is 29.2 Å². The predicted molar refractivity (Wildman–Crippen MR) is 159 cm³/mol. The first-order chi connectivity index (χ1) is 19.4. The highest BCUT2D eigenvalue weighted by Gasteiger charge is 2.44. The number of carbonyl (C=O) groups is 2. The Labute approximate surface area is 250 Å². The SMILES string of the molecule is O=C(NCCO)C1=CC(Oc2ccccc2I)C(O)C(N(CCN2CCOCC2)C(=O)CC2CC3CCC2C3)C1. The number of nitrogens with zero attached hydrogens (tertiary/aromatic N) is 2. The van der Waals surface area contributed by atoms with Crippen molar-refractivity contribution in [1.29, 1.82) is 0 Å². The molecule has 6 unspecified atom stereocenters. The third kappa shape index (κ3) is 7.18. The molecule has 3 N–H and O–H groups in total. The summed E-state index contributed by atoms with van der Waals surface area (Å²) in [5, 5.41) is 23.7. The smallest absolute Gasteiger partial charge is 0.247 e. The molecule has 220 valence electrons. The quantitative estimate of drug-likeness (QED) is 0.311. The summed E-state index contributed by atoms with van der Waals surface area (Å²) in [6.45, 7) is 4.11. The van der Waals surface area contributed by atoms with Gasteiger partial charge in [-0.25, -0.2) is 0 Å². The fraction of sp³-hybridized carbons (Fsp3) is 0.667. The van der Waals surface area contributed by atoms with E-state index in [4.69, 9.17) is 9.47 Å². The molecule has 6 atom stereocenters. The van der Waals surface area contributed by atoms with Gasteiger partial charge in [-0.3, -0.25) is 14.5 Å². The number of aliphatic hydroxyl groups is 2. The van der Waals surface area contributed by atoms with Gasteiger partial charge in [0, 0.05) is 51.1 Å². The topological polar surface area (TPSA) is 112 Å². The van der Waals surface area contributed by atoms with Crippen LogP contribution >= 0.6 is 22.6 Å². The van der Waals surface area contributed by atoms with E-state index in [0.717, 1.165) is 29.0 Å². The Balaban J connectivity index is 1.39. The minimum atomic E-state index is -1.00. The molecule has 1 heterocycles. The number of aliphatic hydroxyl groups excluding tert-OH is 2. The Hall–Kier alpha value is -1.73. The van der Waals surface area contributed by atoms with Gasteiger partial charge in [-0.15, -0.1) is 0 Å². The number of morpholine rings is 1. The standard InChI is InChI=1S/C30H42IN3O6/c31-24-3-1-2-4-26(24)40-27-18-23(30(38)32-7-12-35)17-25(29(27)37)34(9-8-33-10-13-39-14-11-33)28(36)19-22-16-20-5-6-21(22)15-20/h1-4,18,20-22,25,27,29,35,37H,5-17,19H2,(H,32,38). The zero-order valence-electron chi connectivity index (χ0n) is 23.1. The minimum Gasteiger partial charge on any atom is -0.482 e. The van der Waals surface area contributed by atoms with E-state index in [2.05, 4.69) is 32.8 Å². The summed E-state index contributed by atoms with van der Waals surface area (Å²) >= 11 is 2.19. The summed E-state index contributed by atoms with van der Waals surface area (Å²) in [6.07, 6.45) is 5.45. The van der Waals surface area contributed by atoms with Gasteiger partial charge >= 0.3 is 0 Å². The number of nitrogens with one attached hydrogen (secondary N) is 1. The van der Waals surface area contributed by atoms with Crippen LogP contribution in [-0.2, 0) is 14.3 Å². The molecule has 40 heavy (non-hydrogen) atoms. The van der Waals surface area contributed by atoms with E-state index in [-0.39, 0.29) is 31.4 Å². The lowest BCUT2D eigenvalue weighted by Gasteiger charge is -2.42. The zero-order valence-corrected chi connectivity index (χ0v) is 25.2. The number of hydrogen-bond acceptors (Lipinski definition) is 7. The highest BCUT2D eigenvalue weighted by atomic mass is 127. The van der Waals surface area contributed by atoms with Gasteiger partial charge in [0.1, 0.15) is 18.0 Å². The van der Waals surface area contributed by atoms with Crippen LogP contribution in [0, 0.1) is 21.3 Å². The molecule has 3 aliphatic carbocycles. The van der Waals surface area contributed by atoms with Crippen LogP contribution in [0.25, 0.3) is 0 Å². The van der Waals surface area contributed by atoms with Crippen molar-refractivity contribution < 1.29 is 29.3 Å². The van der Waals surface area contributed by atoms with Gasteiger partial charge in [0.25, 0.3) is 0 Å². The van der Waals surface area contributed by atoms with Gasteiger partial charge in [0.2, 0.25) is 11.8 Å². The highest BCUT2D eigenvalue weighted by molar-refractivity contribution is 14.1. The molecule has 1 aromatic rings. The summed E-state index contributed by atoms with van der Waals surface area (Å²) < 4.78 is 12.7. The molecular formula is C30H42IN3O6. The summed E-state index contributed by atoms with van der Waals surface area (Å²) in [4.78, 5) is 31.3. The van der Waals surface area contributed by atoms with E-state index in [0.29, 0.717) is 55.9 Å². The lowest BCUT2D eigenvalue weighted by molar-refractivity contribution is -0.140. The van der Waals surface area contributed by atoms with Crippen molar-refractivity contribution in [1.82, 2.24) is 15.1 Å². The first kappa shape index (κ1) is 29.8. The minimum absolute atomic E-state index is 0.0555. The van der Waals surface area contributed by atoms with Crippen molar-refractivity contribution in [2.75, 3.05) is 52.5 Å². The Bertz CT molecular complexity index is 1060. The number of fused-ring (bicyclic) bond motifs is 2. The fourth-order valence-corrected chi connectivity index (χ4v) is 7.50. The molecule has 10 heteroatoms. The Morgan fingerprint density at radius 2 is 1.98 bits per heavy atom. The molecule has 5 rings (SSSR count). The largest absolute Gasteiger partial charge is 0.482 e. The molecule has 1 aliphatic heterocycles. The number of amides is 2. The molecule has 1 aromatic carbocycles. The van der Waals surface area contributed by atoms with Gasteiger partial charge in [-0.05, 0) is 77.8 Å². The number of rotatable bonds is 11. The maximum absolute atomic E-state index is 14.0. The molecule has 2 amide bonds. The second kappa shape index (κ2) is 14.0. The van der Waals surface area contributed by atoms with Gasteiger partial charge < -0.3 is 29.9 Å². The van der Waals surface area contributed by atoms with Crippen LogP contribution in [0.2, 0.25) is 0 Å². The summed E-state index contributed by atoms with van der Waals surface area (Å²) in [5.41, 5.74) is 0.462. The number of hydrogen-bond donors (Lipinski definition) is 3. The molecule has 0 aromatic heterocycles. The summed E-state index contributed by atoms with van der Waals surface area (Å²) in [5.74, 6) is 2.14. The van der Waals surface area contributed by atoms with Crippen molar-refractivity contribution in [3.05, 3.63) is 39.5 Å². The Morgan fingerprint density at radius 3 is 2.67 bits per heavy atom. The summed E-state index contributed by atoms with van der Waals surface area (Å²) in [6, 6.07) is 6.96. The third-order valence-corrected chi connectivity index (χ3v) is 10.0. The molecular weight excluding hydrogens is 625 g/mol. The number of para-hydroxylation sites is 1. The van der Waals surface area contributed by atoms with Gasteiger partial charge in [0.05, 0.1) is 29.4 Å². The van der Waals surface area contributed by atoms with Crippen LogP contribution in [-0.4, -0.2) is 103 Å². The van der Waals surface area contributed by atoms with Gasteiger partial charge in [-0.2, -0.15) is 0 Å². The molecule has 9 nitrogen and oxygen atoms in total. The van der Waals surface area contributed by atoms with Gasteiger partial charge in [0.15, 0.2) is 0 Å². The van der Waals surface area contributed by atoms with Crippen LogP contribution in [0.1, 0.15) is 38.5 Å². The highest BCUT2D eigenvalue weighted by Crippen LogP contribution is 2.49. The number of carbonyl (C=O) groups excluding carboxylic acids is 2. The van der Waals surface area contributed by atoms with Crippen molar-refractivity contribution in [3.63, 3.8) is 0 Å². The van der Waals surface area contributed by atoms with E-state index in [1.165, 1.54) is 19.3 Å². The number of halogens is 1. The lowest BCUT2D eigenvalue weighted by atomic mass is 9.84. The second-order valence-electron chi connectivity index (χ2n) is 11.6. The van der Waals surface area contributed by atoms with Crippen molar-refractivity contribution in [3.8, 4) is 5.75 Å². The molecule has 2 bridgehead atoms. The maximum atomic E-state index is 14.0. The molecule has 2 saturated carbocycles. The van der Waals surface area contributed by atoms with Gasteiger partial charge in [-0.1, -0.05) is 18.6 Å². The molecule has 1 saturated heterocycles. The normalized spacial score (nSPS) is 30.1.